The van der Waals surface area contributed by atoms with E-state index in [0.29, 0.717) is 10.7 Å². The molecule has 1 aromatic carbocycles. The van der Waals surface area contributed by atoms with Gasteiger partial charge in [0.25, 0.3) is 0 Å². The highest BCUT2D eigenvalue weighted by atomic mass is 32.2. The lowest BCUT2D eigenvalue weighted by atomic mass is 10.2. The van der Waals surface area contributed by atoms with E-state index in [1.807, 2.05) is 0 Å². The summed E-state index contributed by atoms with van der Waals surface area (Å²) < 4.78 is 13.6. The molecule has 0 atom stereocenters. The van der Waals surface area contributed by atoms with Gasteiger partial charge in [-0.05, 0) is 12.1 Å². The molecule has 0 aliphatic rings. The average molecular weight is 309 g/mol. The first-order valence-electron chi connectivity index (χ1n) is 5.92. The summed E-state index contributed by atoms with van der Waals surface area (Å²) >= 11 is 1.03. The van der Waals surface area contributed by atoms with Gasteiger partial charge in [0.05, 0.1) is 11.3 Å². The Balaban J connectivity index is 1.97. The molecule has 2 aromatic rings. The SMILES string of the molecule is CNC(=O)NC(=O)CSc1n[nH]c(-c2ccccc2F)n1. The van der Waals surface area contributed by atoms with Crippen LogP contribution in [0.2, 0.25) is 0 Å². The van der Waals surface area contributed by atoms with Crippen molar-refractivity contribution in [2.45, 2.75) is 5.16 Å². The van der Waals surface area contributed by atoms with E-state index < -0.39 is 17.8 Å². The first kappa shape index (κ1) is 15.0. The van der Waals surface area contributed by atoms with Crippen LogP contribution in [0.3, 0.4) is 0 Å². The second kappa shape index (κ2) is 6.84. The van der Waals surface area contributed by atoms with Gasteiger partial charge in [0.15, 0.2) is 5.82 Å². The molecule has 21 heavy (non-hydrogen) atoms. The molecule has 7 nitrogen and oxygen atoms in total. The fourth-order valence-corrected chi connectivity index (χ4v) is 2.04. The molecule has 0 saturated carbocycles. The molecule has 0 fully saturated rings. The van der Waals surface area contributed by atoms with Crippen LogP contribution in [0.15, 0.2) is 29.4 Å². The van der Waals surface area contributed by atoms with Gasteiger partial charge in [-0.25, -0.2) is 14.2 Å². The van der Waals surface area contributed by atoms with E-state index >= 15 is 0 Å². The third kappa shape index (κ3) is 4.02. The van der Waals surface area contributed by atoms with Crippen LogP contribution in [-0.2, 0) is 4.79 Å². The molecule has 0 aliphatic heterocycles. The van der Waals surface area contributed by atoms with Crippen LogP contribution in [0.4, 0.5) is 9.18 Å². The predicted octanol–water partition coefficient (Wildman–Crippen LogP) is 1.16. The van der Waals surface area contributed by atoms with E-state index in [-0.39, 0.29) is 11.6 Å². The van der Waals surface area contributed by atoms with Crippen LogP contribution in [0, 0.1) is 5.82 Å². The second-order valence-electron chi connectivity index (χ2n) is 3.86. The van der Waals surface area contributed by atoms with Gasteiger partial charge in [-0.2, -0.15) is 0 Å². The van der Waals surface area contributed by atoms with E-state index in [1.54, 1.807) is 18.2 Å². The van der Waals surface area contributed by atoms with Crippen molar-refractivity contribution in [1.29, 1.82) is 0 Å². The summed E-state index contributed by atoms with van der Waals surface area (Å²) in [7, 11) is 1.41. The van der Waals surface area contributed by atoms with E-state index in [0.717, 1.165) is 11.8 Å². The second-order valence-corrected chi connectivity index (χ2v) is 4.80. The Kier molecular flexibility index (Phi) is 4.88. The van der Waals surface area contributed by atoms with Gasteiger partial charge in [-0.15, -0.1) is 5.10 Å². The number of thioether (sulfide) groups is 1. The lowest BCUT2D eigenvalue weighted by Gasteiger charge is -2.00. The first-order valence-corrected chi connectivity index (χ1v) is 6.90. The monoisotopic (exact) mass is 309 g/mol. The van der Waals surface area contributed by atoms with Crippen molar-refractivity contribution in [3.05, 3.63) is 30.1 Å². The lowest BCUT2D eigenvalue weighted by Crippen LogP contribution is -2.38. The van der Waals surface area contributed by atoms with Crippen molar-refractivity contribution in [3.63, 3.8) is 0 Å². The number of carbonyl (C=O) groups is 2. The van der Waals surface area contributed by atoms with E-state index in [4.69, 9.17) is 0 Å². The molecule has 0 spiro atoms. The van der Waals surface area contributed by atoms with Crippen molar-refractivity contribution in [3.8, 4) is 11.4 Å². The summed E-state index contributed by atoms with van der Waals surface area (Å²) in [6.07, 6.45) is 0. The number of carbonyl (C=O) groups excluding carboxylic acids is 2. The number of urea groups is 1. The van der Waals surface area contributed by atoms with Gasteiger partial charge in [0.1, 0.15) is 5.82 Å². The van der Waals surface area contributed by atoms with E-state index in [9.17, 15) is 14.0 Å². The predicted molar refractivity (Wildman–Crippen MR) is 75.1 cm³/mol. The molecule has 110 valence electrons. The van der Waals surface area contributed by atoms with E-state index in [2.05, 4.69) is 25.8 Å². The molecular formula is C12H12FN5O2S. The van der Waals surface area contributed by atoms with Gasteiger partial charge in [0, 0.05) is 7.05 Å². The highest BCUT2D eigenvalue weighted by Crippen LogP contribution is 2.21. The Morgan fingerprint density at radius 3 is 2.86 bits per heavy atom. The number of amides is 3. The van der Waals surface area contributed by atoms with Crippen molar-refractivity contribution in [2.24, 2.45) is 0 Å². The molecule has 1 heterocycles. The lowest BCUT2D eigenvalue weighted by molar-refractivity contribution is -0.117. The Labute approximate surface area is 123 Å². The van der Waals surface area contributed by atoms with Crippen molar-refractivity contribution < 1.29 is 14.0 Å². The molecule has 0 unspecified atom stereocenters. The Morgan fingerprint density at radius 1 is 1.38 bits per heavy atom. The maximum Gasteiger partial charge on any atom is 0.321 e. The number of hydrogen-bond acceptors (Lipinski definition) is 5. The number of nitrogens with zero attached hydrogens (tertiary/aromatic N) is 2. The van der Waals surface area contributed by atoms with Gasteiger partial charge in [-0.1, -0.05) is 23.9 Å². The minimum Gasteiger partial charge on any atom is -0.341 e. The van der Waals surface area contributed by atoms with Crippen molar-refractivity contribution in [1.82, 2.24) is 25.8 Å². The molecule has 9 heteroatoms. The molecule has 3 N–H and O–H groups in total. The van der Waals surface area contributed by atoms with Crippen molar-refractivity contribution in [2.75, 3.05) is 12.8 Å². The van der Waals surface area contributed by atoms with Crippen LogP contribution in [0.1, 0.15) is 0 Å². The number of aromatic amines is 1. The third-order valence-corrected chi connectivity index (χ3v) is 3.25. The maximum absolute atomic E-state index is 13.6. The largest absolute Gasteiger partial charge is 0.341 e. The topological polar surface area (TPSA) is 99.8 Å². The average Bonchev–Trinajstić information content (AvgIpc) is 2.94. The summed E-state index contributed by atoms with van der Waals surface area (Å²) in [5.41, 5.74) is 0.298. The molecule has 0 radical (unpaired) electrons. The quantitative estimate of drug-likeness (QED) is 0.736. The number of benzene rings is 1. The van der Waals surface area contributed by atoms with Crippen LogP contribution >= 0.6 is 11.8 Å². The van der Waals surface area contributed by atoms with Crippen LogP contribution in [-0.4, -0.2) is 39.9 Å². The van der Waals surface area contributed by atoms with Crippen molar-refractivity contribution >= 4 is 23.7 Å². The number of halogens is 1. The van der Waals surface area contributed by atoms with Gasteiger partial charge in [0.2, 0.25) is 11.1 Å². The fourth-order valence-electron chi connectivity index (χ4n) is 1.44. The Hall–Kier alpha value is -2.42. The molecule has 0 bridgehead atoms. The van der Waals surface area contributed by atoms with Crippen LogP contribution < -0.4 is 10.6 Å². The van der Waals surface area contributed by atoms with Gasteiger partial charge >= 0.3 is 6.03 Å². The Bertz CT molecular complexity index is 661. The normalized spacial score (nSPS) is 10.2. The Morgan fingerprint density at radius 2 is 2.14 bits per heavy atom. The number of imide groups is 1. The van der Waals surface area contributed by atoms with Gasteiger partial charge < -0.3 is 5.32 Å². The molecule has 3 amide bonds. The zero-order chi connectivity index (χ0) is 15.2. The number of hydrogen-bond donors (Lipinski definition) is 3. The smallest absolute Gasteiger partial charge is 0.321 e. The first-order chi connectivity index (χ1) is 10.1. The number of nitrogens with one attached hydrogen (secondary N) is 3. The molecule has 2 rings (SSSR count). The summed E-state index contributed by atoms with van der Waals surface area (Å²) in [6.45, 7) is 0. The summed E-state index contributed by atoms with van der Waals surface area (Å²) in [4.78, 5) is 26.4. The summed E-state index contributed by atoms with van der Waals surface area (Å²) in [5.74, 6) is -0.636. The molecule has 0 saturated heterocycles. The van der Waals surface area contributed by atoms with Gasteiger partial charge in [-0.3, -0.25) is 15.2 Å². The third-order valence-electron chi connectivity index (χ3n) is 2.41. The number of aromatic nitrogens is 3. The molecule has 0 aliphatic carbocycles. The maximum atomic E-state index is 13.6. The number of H-pyrrole nitrogens is 1. The highest BCUT2D eigenvalue weighted by molar-refractivity contribution is 7.99. The zero-order valence-electron chi connectivity index (χ0n) is 11.0. The zero-order valence-corrected chi connectivity index (χ0v) is 11.8. The standard InChI is InChI=1S/C12H12FN5O2S/c1-14-11(20)15-9(19)6-21-12-16-10(17-18-12)7-4-2-3-5-8(7)13/h2-5H,6H2,1H3,(H,16,17,18)(H2,14,15,19,20). The minimum atomic E-state index is -0.581. The molecular weight excluding hydrogens is 297 g/mol. The van der Waals surface area contributed by atoms with E-state index in [1.165, 1.54) is 13.1 Å². The summed E-state index contributed by atoms with van der Waals surface area (Å²) in [5, 5.41) is 11.2. The number of rotatable bonds is 4. The summed E-state index contributed by atoms with van der Waals surface area (Å²) in [6, 6.07) is 5.57. The van der Waals surface area contributed by atoms with Crippen LogP contribution in [0.25, 0.3) is 11.4 Å². The van der Waals surface area contributed by atoms with Crippen LogP contribution in [0.5, 0.6) is 0 Å². The fraction of sp³-hybridized carbons (Fsp3) is 0.167. The highest BCUT2D eigenvalue weighted by Gasteiger charge is 2.12. The molecule has 1 aromatic heterocycles. The minimum absolute atomic E-state index is 0.0258.